The van der Waals surface area contributed by atoms with Gasteiger partial charge in [0.1, 0.15) is 11.7 Å². The summed E-state index contributed by atoms with van der Waals surface area (Å²) in [5.74, 6) is 0.101. The third-order valence-electron chi connectivity index (χ3n) is 5.59. The third kappa shape index (κ3) is 3.33. The summed E-state index contributed by atoms with van der Waals surface area (Å²) < 4.78 is 6.47. The van der Waals surface area contributed by atoms with Crippen LogP contribution in [0.2, 0.25) is 10.0 Å². The Hall–Kier alpha value is -2.02. The van der Waals surface area contributed by atoms with Gasteiger partial charge in [-0.3, -0.25) is 4.79 Å². The van der Waals surface area contributed by atoms with Crippen LogP contribution in [0.5, 0.6) is 5.75 Å². The third-order valence-corrected chi connectivity index (χ3v) is 6.53. The maximum atomic E-state index is 13.3. The zero-order valence-electron chi connectivity index (χ0n) is 16.3. The number of carbonyl (C=O) groups excluding carboxylic acids is 1. The summed E-state index contributed by atoms with van der Waals surface area (Å²) in [7, 11) is 3.48. The average Bonchev–Trinajstić information content (AvgIpc) is 2.66. The number of ether oxygens (including phenoxy) is 1. The Bertz CT molecular complexity index is 1000. The van der Waals surface area contributed by atoms with Crippen LogP contribution in [-0.2, 0) is 11.3 Å². The van der Waals surface area contributed by atoms with Crippen LogP contribution in [0.4, 0.5) is 0 Å². The monoisotopic (exact) mass is 449 g/mol. The number of fused-ring (bicyclic) bond motifs is 4. The summed E-state index contributed by atoms with van der Waals surface area (Å²) in [6, 6.07) is 12.7. The van der Waals surface area contributed by atoms with Gasteiger partial charge in [0.05, 0.1) is 12.6 Å². The molecule has 0 saturated carbocycles. The SMILES string of the molecule is CN(C)C(=O)C1C2NC(=S)N(Cc3ccccc3Cl)C1(C)Oc1ccc(Cl)cc12. The molecule has 2 aliphatic rings. The van der Waals surface area contributed by atoms with E-state index in [0.29, 0.717) is 27.5 Å². The quantitative estimate of drug-likeness (QED) is 0.709. The first-order valence-corrected chi connectivity index (χ1v) is 10.4. The molecule has 152 valence electrons. The van der Waals surface area contributed by atoms with E-state index in [0.717, 1.165) is 11.1 Å². The molecule has 2 aliphatic heterocycles. The molecule has 5 nitrogen and oxygen atoms in total. The Balaban J connectivity index is 1.84. The van der Waals surface area contributed by atoms with Crippen molar-refractivity contribution in [2.24, 2.45) is 5.92 Å². The molecule has 8 heteroatoms. The molecule has 2 aromatic carbocycles. The minimum absolute atomic E-state index is 0.0534. The van der Waals surface area contributed by atoms with Crippen LogP contribution in [-0.4, -0.2) is 40.6 Å². The van der Waals surface area contributed by atoms with Gasteiger partial charge in [-0.2, -0.15) is 0 Å². The van der Waals surface area contributed by atoms with E-state index in [-0.39, 0.29) is 11.9 Å². The topological polar surface area (TPSA) is 44.8 Å². The smallest absolute Gasteiger partial charge is 0.233 e. The fourth-order valence-corrected chi connectivity index (χ4v) is 4.85. The molecule has 1 amide bonds. The number of amides is 1. The summed E-state index contributed by atoms with van der Waals surface area (Å²) in [5.41, 5.74) is 0.739. The van der Waals surface area contributed by atoms with Gasteiger partial charge < -0.3 is 19.9 Å². The highest BCUT2D eigenvalue weighted by atomic mass is 35.5. The predicted molar refractivity (Wildman–Crippen MR) is 118 cm³/mol. The highest BCUT2D eigenvalue weighted by molar-refractivity contribution is 7.80. The molecule has 1 fully saturated rings. The number of rotatable bonds is 3. The first kappa shape index (κ1) is 20.3. The number of halogens is 2. The maximum Gasteiger partial charge on any atom is 0.233 e. The molecule has 2 bridgehead atoms. The number of thiocarbonyl (C=S) groups is 1. The normalized spacial score (nSPS) is 25.0. The van der Waals surface area contributed by atoms with Crippen LogP contribution in [0.1, 0.15) is 24.1 Å². The maximum absolute atomic E-state index is 13.3. The van der Waals surface area contributed by atoms with E-state index in [9.17, 15) is 4.79 Å². The Morgan fingerprint density at radius 1 is 1.28 bits per heavy atom. The number of hydrogen-bond donors (Lipinski definition) is 1. The molecule has 0 spiro atoms. The lowest BCUT2D eigenvalue weighted by Gasteiger charge is -2.56. The van der Waals surface area contributed by atoms with E-state index in [1.807, 2.05) is 48.2 Å². The van der Waals surface area contributed by atoms with E-state index in [1.165, 1.54) is 0 Å². The highest BCUT2D eigenvalue weighted by Gasteiger charge is 2.58. The van der Waals surface area contributed by atoms with Gasteiger partial charge >= 0.3 is 0 Å². The van der Waals surface area contributed by atoms with Crippen LogP contribution in [0, 0.1) is 5.92 Å². The van der Waals surface area contributed by atoms with Crippen molar-refractivity contribution in [2.75, 3.05) is 14.1 Å². The van der Waals surface area contributed by atoms with Crippen molar-refractivity contribution in [3.8, 4) is 5.75 Å². The number of nitrogens with one attached hydrogen (secondary N) is 1. The van der Waals surface area contributed by atoms with Gasteiger partial charge in [-0.15, -0.1) is 0 Å². The lowest BCUT2D eigenvalue weighted by molar-refractivity contribution is -0.162. The molecule has 2 aromatic rings. The molecular formula is C21H21Cl2N3O2S. The second-order valence-electron chi connectivity index (χ2n) is 7.65. The summed E-state index contributed by atoms with van der Waals surface area (Å²) in [5, 5.41) is 5.09. The zero-order chi connectivity index (χ0) is 20.9. The van der Waals surface area contributed by atoms with Gasteiger partial charge in [0, 0.05) is 29.7 Å². The van der Waals surface area contributed by atoms with Crippen molar-refractivity contribution in [3.05, 3.63) is 63.6 Å². The van der Waals surface area contributed by atoms with Gasteiger partial charge in [0.2, 0.25) is 5.91 Å². The lowest BCUT2D eigenvalue weighted by atomic mass is 9.78. The van der Waals surface area contributed by atoms with Gasteiger partial charge in [0.25, 0.3) is 0 Å². The first-order valence-electron chi connectivity index (χ1n) is 9.23. The Morgan fingerprint density at radius 3 is 2.69 bits per heavy atom. The van der Waals surface area contributed by atoms with Crippen molar-refractivity contribution in [2.45, 2.75) is 25.2 Å². The van der Waals surface area contributed by atoms with E-state index in [1.54, 1.807) is 25.1 Å². The van der Waals surface area contributed by atoms with E-state index >= 15 is 0 Å². The number of nitrogens with zero attached hydrogens (tertiary/aromatic N) is 2. The fraction of sp³-hybridized carbons (Fsp3) is 0.333. The second-order valence-corrected chi connectivity index (χ2v) is 8.88. The van der Waals surface area contributed by atoms with Crippen LogP contribution in [0.15, 0.2) is 42.5 Å². The minimum Gasteiger partial charge on any atom is -0.467 e. The molecule has 29 heavy (non-hydrogen) atoms. The van der Waals surface area contributed by atoms with Crippen LogP contribution in [0.25, 0.3) is 0 Å². The molecule has 0 aliphatic carbocycles. The largest absolute Gasteiger partial charge is 0.467 e. The summed E-state index contributed by atoms with van der Waals surface area (Å²) >= 11 is 18.3. The summed E-state index contributed by atoms with van der Waals surface area (Å²) in [6.07, 6.45) is 0. The number of carbonyl (C=O) groups is 1. The van der Waals surface area contributed by atoms with E-state index < -0.39 is 11.6 Å². The standard InChI is InChI=1S/C21H21Cl2N3O2S/c1-21-17(19(27)25(2)3)18(14-10-13(22)8-9-16(14)28-21)24-20(29)26(21)11-12-6-4-5-7-15(12)23/h4-10,17-18H,11H2,1-3H3,(H,24,29). The number of benzene rings is 2. The van der Waals surface area contributed by atoms with Gasteiger partial charge in [-0.1, -0.05) is 41.4 Å². The van der Waals surface area contributed by atoms with Crippen LogP contribution < -0.4 is 10.1 Å². The second kappa shape index (κ2) is 7.35. The molecule has 3 atom stereocenters. The predicted octanol–water partition coefficient (Wildman–Crippen LogP) is 4.24. The van der Waals surface area contributed by atoms with Gasteiger partial charge in [-0.25, -0.2) is 0 Å². The fourth-order valence-electron chi connectivity index (χ4n) is 4.10. The molecule has 0 radical (unpaired) electrons. The number of hydrogen-bond acceptors (Lipinski definition) is 3. The molecule has 3 unspecified atom stereocenters. The average molecular weight is 450 g/mol. The van der Waals surface area contributed by atoms with Crippen molar-refractivity contribution >= 4 is 46.4 Å². The van der Waals surface area contributed by atoms with Crippen LogP contribution in [0.3, 0.4) is 0 Å². The van der Waals surface area contributed by atoms with Gasteiger partial charge in [0.15, 0.2) is 10.8 Å². The minimum atomic E-state index is -0.992. The molecule has 0 aromatic heterocycles. The van der Waals surface area contributed by atoms with Crippen molar-refractivity contribution in [1.29, 1.82) is 0 Å². The van der Waals surface area contributed by atoms with Gasteiger partial charge in [-0.05, 0) is 49.0 Å². The molecule has 4 rings (SSSR count). The van der Waals surface area contributed by atoms with Crippen molar-refractivity contribution in [1.82, 2.24) is 15.1 Å². The molecular weight excluding hydrogens is 429 g/mol. The lowest BCUT2D eigenvalue weighted by Crippen LogP contribution is -2.71. The Labute approximate surface area is 185 Å². The van der Waals surface area contributed by atoms with E-state index in [2.05, 4.69) is 5.32 Å². The van der Waals surface area contributed by atoms with Crippen molar-refractivity contribution in [3.63, 3.8) is 0 Å². The molecule has 1 N–H and O–H groups in total. The Kier molecular flexibility index (Phi) is 5.13. The summed E-state index contributed by atoms with van der Waals surface area (Å²) in [4.78, 5) is 16.7. The molecule has 2 heterocycles. The van der Waals surface area contributed by atoms with E-state index in [4.69, 9.17) is 40.2 Å². The molecule has 1 saturated heterocycles. The van der Waals surface area contributed by atoms with Crippen LogP contribution >= 0.6 is 35.4 Å². The Morgan fingerprint density at radius 2 is 2.00 bits per heavy atom. The summed E-state index contributed by atoms with van der Waals surface area (Å²) in [6.45, 7) is 2.32. The first-order chi connectivity index (χ1) is 13.7. The zero-order valence-corrected chi connectivity index (χ0v) is 18.6. The highest BCUT2D eigenvalue weighted by Crippen LogP contribution is 2.49. The van der Waals surface area contributed by atoms with Crippen molar-refractivity contribution < 1.29 is 9.53 Å².